The van der Waals surface area contributed by atoms with Crippen molar-refractivity contribution in [3.8, 4) is 11.1 Å². The van der Waals surface area contributed by atoms with Gasteiger partial charge in [0.25, 0.3) is 0 Å². The smallest absolute Gasteiger partial charge is 0.104 e. The Morgan fingerprint density at radius 2 is 1.39 bits per heavy atom. The molecule has 0 spiro atoms. The van der Waals surface area contributed by atoms with Crippen molar-refractivity contribution in [2.75, 3.05) is 26.4 Å². The van der Waals surface area contributed by atoms with Crippen LogP contribution in [0.15, 0.2) is 61.2 Å². The third-order valence-electron chi connectivity index (χ3n) is 3.67. The van der Waals surface area contributed by atoms with Gasteiger partial charge in [-0.1, -0.05) is 67.3 Å². The quantitative estimate of drug-likeness (QED) is 0.761. The summed E-state index contributed by atoms with van der Waals surface area (Å²) in [6.45, 7) is 6.99. The summed E-state index contributed by atoms with van der Waals surface area (Å²) >= 11 is 0. The summed E-state index contributed by atoms with van der Waals surface area (Å²) in [5.74, 6) is 0. The monoisotopic (exact) mass is 310 g/mol. The van der Waals surface area contributed by atoms with Gasteiger partial charge >= 0.3 is 0 Å². The van der Waals surface area contributed by atoms with E-state index in [1.165, 1.54) is 11.1 Å². The largest absolute Gasteiger partial charge is 0.376 e. The van der Waals surface area contributed by atoms with Gasteiger partial charge in [0.2, 0.25) is 0 Å². The zero-order valence-electron chi connectivity index (χ0n) is 13.2. The molecule has 0 N–H and O–H groups in total. The predicted octanol–water partition coefficient (Wildman–Crippen LogP) is 3.80. The lowest BCUT2D eigenvalue weighted by Crippen LogP contribution is -2.06. The van der Waals surface area contributed by atoms with Crippen LogP contribution in [-0.2, 0) is 14.2 Å². The van der Waals surface area contributed by atoms with Gasteiger partial charge in [0.05, 0.1) is 26.4 Å². The Bertz CT molecular complexity index is 587. The van der Waals surface area contributed by atoms with Crippen LogP contribution in [0.4, 0.5) is 0 Å². The lowest BCUT2D eigenvalue weighted by atomic mass is 10.0. The summed E-state index contributed by atoms with van der Waals surface area (Å²) in [4.78, 5) is 0. The van der Waals surface area contributed by atoms with Crippen LogP contribution in [0.2, 0.25) is 0 Å². The number of hydrogen-bond acceptors (Lipinski definition) is 3. The molecule has 120 valence electrons. The van der Waals surface area contributed by atoms with Crippen molar-refractivity contribution in [3.05, 3.63) is 66.7 Å². The highest BCUT2D eigenvalue weighted by Gasteiger charge is 2.26. The SMILES string of the molecule is C(OCC1CO1)C1CO1.C=Cc1ccc(-c2ccccc2)cc1. The van der Waals surface area contributed by atoms with E-state index in [1.807, 2.05) is 12.1 Å². The normalized spacial score (nSPS) is 21.0. The Labute approximate surface area is 137 Å². The van der Waals surface area contributed by atoms with Crippen molar-refractivity contribution in [3.63, 3.8) is 0 Å². The molecule has 3 nitrogen and oxygen atoms in total. The summed E-state index contributed by atoms with van der Waals surface area (Å²) in [5.41, 5.74) is 3.66. The van der Waals surface area contributed by atoms with Crippen LogP contribution < -0.4 is 0 Å². The van der Waals surface area contributed by atoms with E-state index < -0.39 is 0 Å². The molecular formula is C20H22O3. The van der Waals surface area contributed by atoms with E-state index >= 15 is 0 Å². The molecule has 2 fully saturated rings. The fourth-order valence-corrected chi connectivity index (χ4v) is 2.10. The van der Waals surface area contributed by atoms with Gasteiger partial charge in [0.1, 0.15) is 12.2 Å². The van der Waals surface area contributed by atoms with Crippen LogP contribution in [0, 0.1) is 0 Å². The molecule has 0 aromatic heterocycles. The number of rotatable bonds is 6. The van der Waals surface area contributed by atoms with Gasteiger partial charge in [0, 0.05) is 0 Å². The van der Waals surface area contributed by atoms with Crippen molar-refractivity contribution < 1.29 is 14.2 Å². The van der Waals surface area contributed by atoms with Crippen LogP contribution in [-0.4, -0.2) is 38.6 Å². The summed E-state index contributed by atoms with van der Waals surface area (Å²) < 4.78 is 15.1. The van der Waals surface area contributed by atoms with Gasteiger partial charge < -0.3 is 14.2 Å². The van der Waals surface area contributed by atoms with Crippen LogP contribution in [0.3, 0.4) is 0 Å². The Morgan fingerprint density at radius 1 is 0.870 bits per heavy atom. The van der Waals surface area contributed by atoms with E-state index in [1.54, 1.807) is 0 Å². The van der Waals surface area contributed by atoms with Gasteiger partial charge in [-0.2, -0.15) is 0 Å². The molecule has 0 amide bonds. The van der Waals surface area contributed by atoms with Crippen LogP contribution in [0.5, 0.6) is 0 Å². The minimum atomic E-state index is 0.392. The molecule has 2 aliphatic heterocycles. The zero-order valence-corrected chi connectivity index (χ0v) is 13.2. The number of hydrogen-bond donors (Lipinski definition) is 0. The number of epoxide rings is 2. The van der Waals surface area contributed by atoms with Crippen molar-refractivity contribution in [1.29, 1.82) is 0 Å². The topological polar surface area (TPSA) is 34.3 Å². The first-order valence-corrected chi connectivity index (χ1v) is 7.94. The van der Waals surface area contributed by atoms with E-state index in [-0.39, 0.29) is 0 Å². The van der Waals surface area contributed by atoms with E-state index in [9.17, 15) is 0 Å². The minimum Gasteiger partial charge on any atom is -0.376 e. The fourth-order valence-electron chi connectivity index (χ4n) is 2.10. The highest BCUT2D eigenvalue weighted by atomic mass is 16.6. The second-order valence-electron chi connectivity index (χ2n) is 5.64. The molecule has 0 radical (unpaired) electrons. The highest BCUT2D eigenvalue weighted by Crippen LogP contribution is 2.19. The Morgan fingerprint density at radius 3 is 1.87 bits per heavy atom. The molecule has 0 bridgehead atoms. The van der Waals surface area contributed by atoms with Gasteiger partial charge in [0.15, 0.2) is 0 Å². The summed E-state index contributed by atoms with van der Waals surface area (Å²) in [7, 11) is 0. The molecule has 4 rings (SSSR count). The fraction of sp³-hybridized carbons (Fsp3) is 0.300. The van der Waals surface area contributed by atoms with E-state index in [4.69, 9.17) is 14.2 Å². The molecule has 2 atom stereocenters. The summed E-state index contributed by atoms with van der Waals surface area (Å²) in [6, 6.07) is 18.8. The van der Waals surface area contributed by atoms with Gasteiger partial charge in [-0.3, -0.25) is 0 Å². The molecule has 2 aromatic rings. The van der Waals surface area contributed by atoms with Crippen LogP contribution >= 0.6 is 0 Å². The van der Waals surface area contributed by atoms with Crippen molar-refractivity contribution in [2.24, 2.45) is 0 Å². The average molecular weight is 310 g/mol. The Kier molecular flexibility index (Phi) is 5.59. The highest BCUT2D eigenvalue weighted by molar-refractivity contribution is 5.65. The van der Waals surface area contributed by atoms with Crippen LogP contribution in [0.25, 0.3) is 17.2 Å². The molecule has 2 heterocycles. The molecule has 2 aromatic carbocycles. The van der Waals surface area contributed by atoms with E-state index in [2.05, 4.69) is 55.1 Å². The second kappa shape index (κ2) is 8.06. The molecule has 0 aliphatic carbocycles. The predicted molar refractivity (Wildman–Crippen MR) is 92.3 cm³/mol. The maximum absolute atomic E-state index is 5.23. The minimum absolute atomic E-state index is 0.392. The third-order valence-corrected chi connectivity index (χ3v) is 3.67. The van der Waals surface area contributed by atoms with Crippen molar-refractivity contribution in [2.45, 2.75) is 12.2 Å². The van der Waals surface area contributed by atoms with Gasteiger partial charge in [-0.25, -0.2) is 0 Å². The number of ether oxygens (including phenoxy) is 3. The van der Waals surface area contributed by atoms with Gasteiger partial charge in [-0.15, -0.1) is 0 Å². The van der Waals surface area contributed by atoms with E-state index in [0.29, 0.717) is 12.2 Å². The van der Waals surface area contributed by atoms with E-state index in [0.717, 1.165) is 32.0 Å². The first-order valence-electron chi connectivity index (χ1n) is 7.94. The Balaban J connectivity index is 0.000000149. The molecule has 2 saturated heterocycles. The maximum atomic E-state index is 5.23. The molecule has 3 heteroatoms. The lowest BCUT2D eigenvalue weighted by molar-refractivity contribution is 0.102. The summed E-state index contributed by atoms with van der Waals surface area (Å²) in [6.07, 6.45) is 2.64. The molecule has 2 aliphatic rings. The number of benzene rings is 2. The second-order valence-corrected chi connectivity index (χ2v) is 5.64. The van der Waals surface area contributed by atoms with Crippen molar-refractivity contribution in [1.82, 2.24) is 0 Å². The van der Waals surface area contributed by atoms with Crippen molar-refractivity contribution >= 4 is 6.08 Å². The summed E-state index contributed by atoms with van der Waals surface area (Å²) in [5, 5.41) is 0. The first-order chi connectivity index (χ1) is 11.3. The molecule has 0 saturated carbocycles. The van der Waals surface area contributed by atoms with Crippen LogP contribution in [0.1, 0.15) is 5.56 Å². The average Bonchev–Trinajstić information content (AvgIpc) is 3.52. The Hall–Kier alpha value is -1.94. The molecule has 23 heavy (non-hydrogen) atoms. The molecular weight excluding hydrogens is 288 g/mol. The van der Waals surface area contributed by atoms with Gasteiger partial charge in [-0.05, 0) is 16.7 Å². The standard InChI is InChI=1S/C14H12.C6H10O3/c1-2-12-8-10-14(11-9-12)13-6-4-3-5-7-13;1(5-3-8-5)7-2-6-4-9-6/h2-11H,1H2;5-6H,1-4H2. The maximum Gasteiger partial charge on any atom is 0.104 e. The third kappa shape index (κ3) is 5.64. The molecule has 2 unspecified atom stereocenters. The first kappa shape index (κ1) is 15.9. The zero-order chi connectivity index (χ0) is 15.9. The lowest BCUT2D eigenvalue weighted by Gasteiger charge is -2.01.